The van der Waals surface area contributed by atoms with Gasteiger partial charge in [-0.15, -0.1) is 0 Å². The lowest BCUT2D eigenvalue weighted by atomic mass is 9.82. The van der Waals surface area contributed by atoms with Gasteiger partial charge in [-0.1, -0.05) is 25.0 Å². The molecule has 2 saturated carbocycles. The van der Waals surface area contributed by atoms with Crippen LogP contribution in [0.4, 0.5) is 5.69 Å². The van der Waals surface area contributed by atoms with Crippen molar-refractivity contribution >= 4 is 16.5 Å². The summed E-state index contributed by atoms with van der Waals surface area (Å²) in [5.41, 5.74) is 1.26. The highest BCUT2D eigenvalue weighted by atomic mass is 14.9. The van der Waals surface area contributed by atoms with Crippen LogP contribution >= 0.6 is 0 Å². The average Bonchev–Trinajstić information content (AvgIpc) is 3.33. The Morgan fingerprint density at radius 3 is 2.85 bits per heavy atom. The molecule has 0 spiro atoms. The molecule has 20 heavy (non-hydrogen) atoms. The molecule has 104 valence electrons. The van der Waals surface area contributed by atoms with E-state index in [0.717, 1.165) is 11.8 Å². The summed E-state index contributed by atoms with van der Waals surface area (Å²) in [6.07, 6.45) is 12.4. The summed E-state index contributed by atoms with van der Waals surface area (Å²) in [5.74, 6) is 2.03. The topological polar surface area (TPSA) is 24.9 Å². The molecule has 0 saturated heterocycles. The highest BCUT2D eigenvalue weighted by Gasteiger charge is 2.34. The van der Waals surface area contributed by atoms with E-state index in [1.165, 1.54) is 55.0 Å². The van der Waals surface area contributed by atoms with Gasteiger partial charge in [-0.2, -0.15) is 0 Å². The SMILES string of the molecule is c1cc(NC2CCCC(C3CC3)C2)c2cnccc2c1. The van der Waals surface area contributed by atoms with Gasteiger partial charge in [0, 0.05) is 29.5 Å². The Bertz CT molecular complexity index is 598. The van der Waals surface area contributed by atoms with Crippen molar-refractivity contribution < 1.29 is 0 Å². The van der Waals surface area contributed by atoms with E-state index in [2.05, 4.69) is 34.6 Å². The molecular weight excluding hydrogens is 244 g/mol. The fourth-order valence-corrected chi connectivity index (χ4v) is 3.81. The molecule has 0 amide bonds. The average molecular weight is 266 g/mol. The Balaban J connectivity index is 1.54. The van der Waals surface area contributed by atoms with Gasteiger partial charge in [0.05, 0.1) is 0 Å². The summed E-state index contributed by atoms with van der Waals surface area (Å²) in [7, 11) is 0. The van der Waals surface area contributed by atoms with E-state index in [0.29, 0.717) is 6.04 Å². The predicted octanol–water partition coefficient (Wildman–Crippen LogP) is 4.62. The van der Waals surface area contributed by atoms with Gasteiger partial charge in [-0.05, 0) is 55.0 Å². The van der Waals surface area contributed by atoms with Gasteiger partial charge in [0.2, 0.25) is 0 Å². The van der Waals surface area contributed by atoms with Crippen LogP contribution < -0.4 is 5.32 Å². The first-order valence-electron chi connectivity index (χ1n) is 7.99. The zero-order valence-corrected chi connectivity index (χ0v) is 11.9. The maximum atomic E-state index is 4.28. The lowest BCUT2D eigenvalue weighted by Crippen LogP contribution is -2.28. The van der Waals surface area contributed by atoms with E-state index in [1.54, 1.807) is 0 Å². The first-order valence-corrected chi connectivity index (χ1v) is 7.99. The fraction of sp³-hybridized carbons (Fsp3) is 0.500. The molecule has 2 unspecified atom stereocenters. The Morgan fingerprint density at radius 2 is 1.95 bits per heavy atom. The molecule has 1 N–H and O–H groups in total. The van der Waals surface area contributed by atoms with Gasteiger partial charge in [0.1, 0.15) is 0 Å². The van der Waals surface area contributed by atoms with E-state index in [-0.39, 0.29) is 0 Å². The van der Waals surface area contributed by atoms with Crippen LogP contribution in [-0.4, -0.2) is 11.0 Å². The standard InChI is InChI=1S/C18H22N2/c1-4-15(13-7-8-13)11-16(5-1)20-18-6-2-3-14-9-10-19-12-17(14)18/h2-3,6,9-10,12-13,15-16,20H,1,4-5,7-8,11H2. The van der Waals surface area contributed by atoms with E-state index in [4.69, 9.17) is 0 Å². The quantitative estimate of drug-likeness (QED) is 0.877. The summed E-state index contributed by atoms with van der Waals surface area (Å²) in [4.78, 5) is 4.28. The van der Waals surface area contributed by atoms with E-state index in [9.17, 15) is 0 Å². The molecule has 4 rings (SSSR count). The van der Waals surface area contributed by atoms with Crippen LogP contribution in [0, 0.1) is 11.8 Å². The second-order valence-electron chi connectivity index (χ2n) is 6.51. The number of hydrogen-bond acceptors (Lipinski definition) is 2. The molecule has 2 fully saturated rings. The molecule has 2 nitrogen and oxygen atoms in total. The van der Waals surface area contributed by atoms with Crippen molar-refractivity contribution in [2.75, 3.05) is 5.32 Å². The van der Waals surface area contributed by atoms with Gasteiger partial charge in [0.25, 0.3) is 0 Å². The monoisotopic (exact) mass is 266 g/mol. The zero-order valence-electron chi connectivity index (χ0n) is 11.9. The zero-order chi connectivity index (χ0) is 13.4. The van der Waals surface area contributed by atoms with Crippen LogP contribution in [0.2, 0.25) is 0 Å². The molecule has 2 aliphatic carbocycles. The molecule has 0 radical (unpaired) electrons. The first-order chi connectivity index (χ1) is 9.90. The maximum absolute atomic E-state index is 4.28. The number of benzene rings is 1. The largest absolute Gasteiger partial charge is 0.382 e. The minimum absolute atomic E-state index is 0.653. The van der Waals surface area contributed by atoms with Crippen molar-refractivity contribution in [3.05, 3.63) is 36.7 Å². The Kier molecular flexibility index (Phi) is 3.10. The van der Waals surface area contributed by atoms with Crippen LogP contribution in [0.5, 0.6) is 0 Å². The highest BCUT2D eigenvalue weighted by molar-refractivity contribution is 5.93. The van der Waals surface area contributed by atoms with Crippen molar-refractivity contribution in [2.45, 2.75) is 44.6 Å². The molecule has 2 heteroatoms. The highest BCUT2D eigenvalue weighted by Crippen LogP contribution is 2.44. The lowest BCUT2D eigenvalue weighted by Gasteiger charge is -2.30. The number of nitrogens with one attached hydrogen (secondary N) is 1. The van der Waals surface area contributed by atoms with Gasteiger partial charge >= 0.3 is 0 Å². The normalized spacial score (nSPS) is 26.6. The minimum atomic E-state index is 0.653. The summed E-state index contributed by atoms with van der Waals surface area (Å²) < 4.78 is 0. The number of pyridine rings is 1. The molecule has 2 aromatic rings. The number of anilines is 1. The van der Waals surface area contributed by atoms with E-state index >= 15 is 0 Å². The fourth-order valence-electron chi connectivity index (χ4n) is 3.81. The summed E-state index contributed by atoms with van der Waals surface area (Å²) in [5, 5.41) is 6.33. The van der Waals surface area contributed by atoms with Crippen LogP contribution in [0.3, 0.4) is 0 Å². The van der Waals surface area contributed by atoms with Crippen LogP contribution in [0.25, 0.3) is 10.8 Å². The molecule has 2 atom stereocenters. The summed E-state index contributed by atoms with van der Waals surface area (Å²) >= 11 is 0. The second kappa shape index (κ2) is 5.08. The van der Waals surface area contributed by atoms with Crippen molar-refractivity contribution in [2.24, 2.45) is 11.8 Å². The number of nitrogens with zero attached hydrogens (tertiary/aromatic N) is 1. The van der Waals surface area contributed by atoms with Gasteiger partial charge in [0.15, 0.2) is 0 Å². The van der Waals surface area contributed by atoms with Crippen molar-refractivity contribution in [1.29, 1.82) is 0 Å². The van der Waals surface area contributed by atoms with Gasteiger partial charge < -0.3 is 5.32 Å². The Labute approximate surface area is 120 Å². The number of aromatic nitrogens is 1. The summed E-state index contributed by atoms with van der Waals surface area (Å²) in [6.45, 7) is 0. The molecular formula is C18H22N2. The number of fused-ring (bicyclic) bond motifs is 1. The summed E-state index contributed by atoms with van der Waals surface area (Å²) in [6, 6.07) is 9.25. The third-order valence-electron chi connectivity index (χ3n) is 5.05. The first kappa shape index (κ1) is 12.2. The second-order valence-corrected chi connectivity index (χ2v) is 6.51. The molecule has 0 aliphatic heterocycles. The van der Waals surface area contributed by atoms with Gasteiger partial charge in [-0.3, -0.25) is 4.98 Å². The van der Waals surface area contributed by atoms with E-state index in [1.807, 2.05) is 12.4 Å². The van der Waals surface area contributed by atoms with Gasteiger partial charge in [-0.25, -0.2) is 0 Å². The Hall–Kier alpha value is -1.57. The minimum Gasteiger partial charge on any atom is -0.382 e. The van der Waals surface area contributed by atoms with Crippen molar-refractivity contribution in [3.8, 4) is 0 Å². The molecule has 0 bridgehead atoms. The van der Waals surface area contributed by atoms with Crippen molar-refractivity contribution in [3.63, 3.8) is 0 Å². The smallest absolute Gasteiger partial charge is 0.0437 e. The lowest BCUT2D eigenvalue weighted by molar-refractivity contribution is 0.303. The third-order valence-corrected chi connectivity index (χ3v) is 5.05. The predicted molar refractivity (Wildman–Crippen MR) is 83.8 cm³/mol. The van der Waals surface area contributed by atoms with Crippen LogP contribution in [-0.2, 0) is 0 Å². The van der Waals surface area contributed by atoms with Crippen molar-refractivity contribution in [1.82, 2.24) is 4.98 Å². The maximum Gasteiger partial charge on any atom is 0.0437 e. The van der Waals surface area contributed by atoms with Crippen LogP contribution in [0.15, 0.2) is 36.7 Å². The number of hydrogen-bond donors (Lipinski definition) is 1. The molecule has 2 aliphatic rings. The van der Waals surface area contributed by atoms with E-state index < -0.39 is 0 Å². The number of rotatable bonds is 3. The third kappa shape index (κ3) is 2.39. The molecule has 1 aromatic heterocycles. The molecule has 1 heterocycles. The molecule has 1 aromatic carbocycles. The Morgan fingerprint density at radius 1 is 1.00 bits per heavy atom. The van der Waals surface area contributed by atoms with Crippen LogP contribution in [0.1, 0.15) is 38.5 Å².